The third-order valence-electron chi connectivity index (χ3n) is 4.65. The summed E-state index contributed by atoms with van der Waals surface area (Å²) in [6.45, 7) is 3.61. The van der Waals surface area contributed by atoms with Crippen LogP contribution in [0.4, 0.5) is 0 Å². The number of hydrogen-bond donors (Lipinski definition) is 9. The highest BCUT2D eigenvalue weighted by Gasteiger charge is 2.32. The number of carbonyl (C=O) groups is 6. The molecule has 16 heteroatoms. The van der Waals surface area contributed by atoms with Gasteiger partial charge in [-0.15, -0.1) is 0 Å². The fourth-order valence-corrected chi connectivity index (χ4v) is 2.94. The van der Waals surface area contributed by atoms with Crippen molar-refractivity contribution in [3.63, 3.8) is 0 Å². The molecule has 0 bridgehead atoms. The number of amides is 3. The predicted molar refractivity (Wildman–Crippen MR) is 125 cm³/mol. The number of hydrogen-bond acceptors (Lipinski definition) is 8. The maximum absolute atomic E-state index is 12.8. The Labute approximate surface area is 207 Å². The van der Waals surface area contributed by atoms with Crippen molar-refractivity contribution in [3.05, 3.63) is 0 Å². The van der Waals surface area contributed by atoms with Crippen LogP contribution in [0.3, 0.4) is 0 Å². The van der Waals surface area contributed by atoms with E-state index in [1.165, 1.54) is 0 Å². The van der Waals surface area contributed by atoms with Crippen molar-refractivity contribution in [2.24, 2.45) is 28.1 Å². The van der Waals surface area contributed by atoms with Crippen molar-refractivity contribution in [3.8, 4) is 0 Å². The lowest BCUT2D eigenvalue weighted by Gasteiger charge is -2.25. The third kappa shape index (κ3) is 13.7. The molecule has 4 unspecified atom stereocenters. The van der Waals surface area contributed by atoms with E-state index in [1.54, 1.807) is 13.8 Å². The molecule has 0 aliphatic heterocycles. The van der Waals surface area contributed by atoms with Gasteiger partial charge in [0.1, 0.15) is 18.1 Å². The Hall–Kier alpha value is -3.95. The zero-order chi connectivity index (χ0) is 28.0. The molecule has 0 aromatic heterocycles. The molecule has 3 amide bonds. The van der Waals surface area contributed by atoms with Gasteiger partial charge in [-0.2, -0.15) is 0 Å². The molecule has 0 fully saturated rings. The molecule has 0 aliphatic carbocycles. The number of carbonyl (C=O) groups excluding carboxylic acids is 3. The van der Waals surface area contributed by atoms with Crippen LogP contribution in [0.5, 0.6) is 0 Å². The fourth-order valence-electron chi connectivity index (χ4n) is 2.94. The standard InChI is InChI=1S/C20H35N7O9/c1-9(2)6-11(17(33)27-13(19(35)36)8-15(30)31)26-18(34)12(7-14(28)29)25-16(32)10(21)4-3-5-24-20(22)23/h9-13H,3-8,21H2,1-2H3,(H,25,32)(H,26,34)(H,27,33)(H,28,29)(H,30,31)(H,35,36)(H4,22,23,24). The van der Waals surface area contributed by atoms with Gasteiger partial charge in [-0.05, 0) is 25.2 Å². The minimum Gasteiger partial charge on any atom is -0.481 e. The van der Waals surface area contributed by atoms with E-state index in [0.717, 1.165) is 0 Å². The van der Waals surface area contributed by atoms with Crippen molar-refractivity contribution in [2.45, 2.75) is 70.1 Å². The summed E-state index contributed by atoms with van der Waals surface area (Å²) in [4.78, 5) is 75.0. The van der Waals surface area contributed by atoms with E-state index < -0.39 is 72.6 Å². The molecule has 0 aromatic rings. The molecular weight excluding hydrogens is 482 g/mol. The minimum absolute atomic E-state index is 0.00896. The molecular formula is C20H35N7O9. The number of nitrogens with two attached hydrogens (primary N) is 3. The number of aliphatic imine (C=N–C) groups is 1. The lowest BCUT2D eigenvalue weighted by molar-refractivity contribution is -0.147. The Morgan fingerprint density at radius 3 is 1.72 bits per heavy atom. The number of nitrogens with one attached hydrogen (secondary N) is 3. The predicted octanol–water partition coefficient (Wildman–Crippen LogP) is -3.10. The highest BCUT2D eigenvalue weighted by atomic mass is 16.4. The molecule has 0 radical (unpaired) electrons. The summed E-state index contributed by atoms with van der Waals surface area (Å²) < 4.78 is 0. The maximum atomic E-state index is 12.8. The van der Waals surface area contributed by atoms with Crippen LogP contribution in [0.1, 0.15) is 46.0 Å². The van der Waals surface area contributed by atoms with Gasteiger partial charge >= 0.3 is 17.9 Å². The first kappa shape index (κ1) is 32.0. The molecule has 0 aromatic carbocycles. The first-order valence-corrected chi connectivity index (χ1v) is 11.0. The van der Waals surface area contributed by atoms with Gasteiger partial charge in [0.15, 0.2) is 5.96 Å². The van der Waals surface area contributed by atoms with Crippen LogP contribution in [0.15, 0.2) is 4.99 Å². The average Bonchev–Trinajstić information content (AvgIpc) is 2.73. The van der Waals surface area contributed by atoms with E-state index in [-0.39, 0.29) is 31.3 Å². The first-order valence-electron chi connectivity index (χ1n) is 11.0. The van der Waals surface area contributed by atoms with Gasteiger partial charge in [0.25, 0.3) is 0 Å². The Kier molecular flexibility index (Phi) is 14.1. The summed E-state index contributed by atoms with van der Waals surface area (Å²) >= 11 is 0. The number of rotatable bonds is 17. The molecule has 16 nitrogen and oxygen atoms in total. The number of carboxylic acid groups (broad SMARTS) is 3. The average molecular weight is 518 g/mol. The van der Waals surface area contributed by atoms with Crippen molar-refractivity contribution in [1.29, 1.82) is 0 Å². The van der Waals surface area contributed by atoms with Crippen LogP contribution < -0.4 is 33.2 Å². The molecule has 0 saturated carbocycles. The first-order chi connectivity index (χ1) is 16.6. The van der Waals surface area contributed by atoms with Gasteiger partial charge in [0, 0.05) is 6.54 Å². The summed E-state index contributed by atoms with van der Waals surface area (Å²) in [6.07, 6.45) is -1.26. The van der Waals surface area contributed by atoms with Crippen molar-refractivity contribution < 1.29 is 44.1 Å². The quantitative estimate of drug-likeness (QED) is 0.0526. The van der Waals surface area contributed by atoms with Crippen LogP contribution in [-0.4, -0.2) is 87.6 Å². The minimum atomic E-state index is -1.76. The Morgan fingerprint density at radius 1 is 0.778 bits per heavy atom. The lowest BCUT2D eigenvalue weighted by Crippen LogP contribution is -2.57. The van der Waals surface area contributed by atoms with E-state index in [4.69, 9.17) is 32.5 Å². The SMILES string of the molecule is CC(C)CC(NC(=O)C(CC(=O)O)NC(=O)C(N)CCCN=C(N)N)C(=O)NC(CC(=O)O)C(=O)O. The molecule has 0 rings (SSSR count). The fraction of sp³-hybridized carbons (Fsp3) is 0.650. The zero-order valence-corrected chi connectivity index (χ0v) is 20.1. The smallest absolute Gasteiger partial charge is 0.326 e. The van der Waals surface area contributed by atoms with E-state index in [9.17, 15) is 28.8 Å². The second kappa shape index (κ2) is 15.9. The number of guanidine groups is 1. The normalized spacial score (nSPS) is 14.0. The second-order valence-electron chi connectivity index (χ2n) is 8.40. The van der Waals surface area contributed by atoms with E-state index in [2.05, 4.69) is 15.6 Å². The van der Waals surface area contributed by atoms with Crippen LogP contribution in [0.2, 0.25) is 0 Å². The Morgan fingerprint density at radius 2 is 1.25 bits per heavy atom. The van der Waals surface area contributed by atoms with Crippen LogP contribution in [0, 0.1) is 5.92 Å². The summed E-state index contributed by atoms with van der Waals surface area (Å²) in [5, 5.41) is 33.7. The molecule has 0 heterocycles. The largest absolute Gasteiger partial charge is 0.481 e. The summed E-state index contributed by atoms with van der Waals surface area (Å²) in [6, 6.07) is -5.80. The molecule has 0 aliphatic rings. The molecule has 204 valence electrons. The van der Waals surface area contributed by atoms with E-state index in [1.807, 2.05) is 5.32 Å². The second-order valence-corrected chi connectivity index (χ2v) is 8.40. The summed E-state index contributed by atoms with van der Waals surface area (Å²) in [7, 11) is 0. The van der Waals surface area contributed by atoms with Gasteiger partial charge < -0.3 is 48.5 Å². The van der Waals surface area contributed by atoms with Gasteiger partial charge in [-0.25, -0.2) is 4.79 Å². The van der Waals surface area contributed by atoms with Gasteiger partial charge in [0.05, 0.1) is 18.9 Å². The van der Waals surface area contributed by atoms with Crippen LogP contribution >= 0.6 is 0 Å². The van der Waals surface area contributed by atoms with E-state index >= 15 is 0 Å². The molecule has 4 atom stereocenters. The Bertz CT molecular complexity index is 843. The van der Waals surface area contributed by atoms with Crippen molar-refractivity contribution in [2.75, 3.05) is 6.54 Å². The number of carboxylic acids is 3. The number of nitrogens with zero attached hydrogens (tertiary/aromatic N) is 1. The van der Waals surface area contributed by atoms with Crippen molar-refractivity contribution in [1.82, 2.24) is 16.0 Å². The lowest BCUT2D eigenvalue weighted by atomic mass is 10.0. The summed E-state index contributed by atoms with van der Waals surface area (Å²) in [5.41, 5.74) is 16.2. The Balaban J connectivity index is 5.44. The molecule has 12 N–H and O–H groups in total. The molecule has 0 saturated heterocycles. The maximum Gasteiger partial charge on any atom is 0.326 e. The van der Waals surface area contributed by atoms with Gasteiger partial charge in [-0.3, -0.25) is 29.0 Å². The van der Waals surface area contributed by atoms with Crippen LogP contribution in [0.25, 0.3) is 0 Å². The monoisotopic (exact) mass is 517 g/mol. The van der Waals surface area contributed by atoms with E-state index in [0.29, 0.717) is 6.42 Å². The molecule has 36 heavy (non-hydrogen) atoms. The highest BCUT2D eigenvalue weighted by molar-refractivity contribution is 5.96. The third-order valence-corrected chi connectivity index (χ3v) is 4.65. The topological polar surface area (TPSA) is 290 Å². The molecule has 0 spiro atoms. The highest BCUT2D eigenvalue weighted by Crippen LogP contribution is 2.08. The van der Waals surface area contributed by atoms with Gasteiger partial charge in [0.2, 0.25) is 17.7 Å². The van der Waals surface area contributed by atoms with Crippen molar-refractivity contribution >= 4 is 41.6 Å². The number of aliphatic carboxylic acids is 3. The summed E-state index contributed by atoms with van der Waals surface area (Å²) in [5.74, 6) is -7.63. The van der Waals surface area contributed by atoms with Crippen LogP contribution in [-0.2, 0) is 28.8 Å². The zero-order valence-electron chi connectivity index (χ0n) is 20.1. The van der Waals surface area contributed by atoms with Gasteiger partial charge in [-0.1, -0.05) is 13.8 Å².